The molecule has 0 bridgehead atoms. The number of fused-ring (bicyclic) bond motifs is 1. The Bertz CT molecular complexity index is 923. The minimum Gasteiger partial charge on any atom is -0.478 e. The van der Waals surface area contributed by atoms with Crippen LogP contribution in [0.4, 0.5) is 5.82 Å². The highest BCUT2D eigenvalue weighted by Crippen LogP contribution is 2.23. The van der Waals surface area contributed by atoms with Gasteiger partial charge >= 0.3 is 0 Å². The largest absolute Gasteiger partial charge is 0.478 e. The van der Waals surface area contributed by atoms with Crippen LogP contribution in [-0.2, 0) is 0 Å². The number of thiocarbonyl (C=S) groups is 1. The smallest absolute Gasteiger partial charge is 0.258 e. The third-order valence-electron chi connectivity index (χ3n) is 3.52. The molecule has 2 aromatic carbocycles. The van der Waals surface area contributed by atoms with Gasteiger partial charge in [0, 0.05) is 11.1 Å². The maximum Gasteiger partial charge on any atom is 0.258 e. The van der Waals surface area contributed by atoms with Gasteiger partial charge in [-0.05, 0) is 19.1 Å². The third-order valence-corrected chi connectivity index (χ3v) is 3.86. The van der Waals surface area contributed by atoms with Crippen LogP contribution in [0.1, 0.15) is 22.8 Å². The number of carbonyl (C=O) groups excluding carboxylic acids is 1. The summed E-state index contributed by atoms with van der Waals surface area (Å²) in [6, 6.07) is 14.6. The van der Waals surface area contributed by atoms with E-state index in [2.05, 4.69) is 15.3 Å². The molecule has 6 heteroatoms. The number of nitrogens with zero attached hydrogens (tertiary/aromatic N) is 2. The van der Waals surface area contributed by atoms with Crippen molar-refractivity contribution < 1.29 is 9.53 Å². The summed E-state index contributed by atoms with van der Waals surface area (Å²) >= 11 is 5.42. The lowest BCUT2D eigenvalue weighted by Gasteiger charge is -2.11. The Morgan fingerprint density at radius 3 is 2.17 bits per heavy atom. The monoisotopic (exact) mass is 337 g/mol. The first-order valence-electron chi connectivity index (χ1n) is 7.31. The lowest BCUT2D eigenvalue weighted by Crippen LogP contribution is -2.13. The van der Waals surface area contributed by atoms with Crippen molar-refractivity contribution in [1.29, 1.82) is 0 Å². The van der Waals surface area contributed by atoms with E-state index in [0.29, 0.717) is 22.2 Å². The summed E-state index contributed by atoms with van der Waals surface area (Å²) in [6.07, 6.45) is 0. The Morgan fingerprint density at radius 2 is 1.58 bits per heavy atom. The molecule has 5 nitrogen and oxygen atoms in total. The number of benzene rings is 2. The van der Waals surface area contributed by atoms with E-state index in [9.17, 15) is 4.79 Å². The topological polar surface area (TPSA) is 64.1 Å². The minimum absolute atomic E-state index is 0.0162. The number of hydrogen-bond donors (Lipinski definition) is 1. The van der Waals surface area contributed by atoms with Gasteiger partial charge < -0.3 is 10.1 Å². The van der Waals surface area contributed by atoms with E-state index in [1.54, 1.807) is 24.3 Å². The first kappa shape index (κ1) is 16.0. The van der Waals surface area contributed by atoms with Crippen LogP contribution in [0.3, 0.4) is 0 Å². The number of methoxy groups -OCH3 is 1. The lowest BCUT2D eigenvalue weighted by molar-refractivity contribution is 0.101. The molecule has 0 fully saturated rings. The fourth-order valence-corrected chi connectivity index (χ4v) is 2.48. The summed E-state index contributed by atoms with van der Waals surface area (Å²) in [7, 11) is 1.54. The van der Waals surface area contributed by atoms with Gasteiger partial charge in [0.15, 0.2) is 11.6 Å². The van der Waals surface area contributed by atoms with Crippen LogP contribution >= 0.6 is 12.2 Å². The number of nitrogens with one attached hydrogen (secondary N) is 1. The van der Waals surface area contributed by atoms with Gasteiger partial charge in [-0.1, -0.05) is 48.6 Å². The summed E-state index contributed by atoms with van der Waals surface area (Å²) in [5, 5.41) is 3.07. The fraction of sp³-hybridized carbons (Fsp3) is 0.111. The molecule has 0 atom stereocenters. The van der Waals surface area contributed by atoms with Gasteiger partial charge in [-0.3, -0.25) is 4.79 Å². The molecule has 0 radical (unpaired) electrons. The number of aromatic nitrogens is 2. The van der Waals surface area contributed by atoms with E-state index in [4.69, 9.17) is 17.0 Å². The second-order valence-corrected chi connectivity index (χ2v) is 5.57. The van der Waals surface area contributed by atoms with Gasteiger partial charge in [-0.2, -0.15) is 0 Å². The van der Waals surface area contributed by atoms with Gasteiger partial charge in [-0.25, -0.2) is 9.97 Å². The highest BCUT2D eigenvalue weighted by Gasteiger charge is 2.12. The Morgan fingerprint density at radius 1 is 1.00 bits per heavy atom. The quantitative estimate of drug-likeness (QED) is 0.579. The Labute approximate surface area is 144 Å². The normalized spacial score (nSPS) is 10.4. The molecule has 120 valence electrons. The predicted octanol–water partition coefficient (Wildman–Crippen LogP) is 3.63. The zero-order chi connectivity index (χ0) is 17.1. The summed E-state index contributed by atoms with van der Waals surface area (Å²) in [6.45, 7) is 1.53. The number of ketones is 1. The first-order valence-corrected chi connectivity index (χ1v) is 7.72. The number of ether oxygens (including phenoxy) is 1. The highest BCUT2D eigenvalue weighted by atomic mass is 32.1. The van der Waals surface area contributed by atoms with Gasteiger partial charge in [0.05, 0.1) is 18.1 Å². The average molecular weight is 337 g/mol. The number of para-hydroxylation sites is 2. The van der Waals surface area contributed by atoms with Gasteiger partial charge in [0.2, 0.25) is 0 Å². The molecule has 0 saturated carbocycles. The van der Waals surface area contributed by atoms with Gasteiger partial charge in [0.1, 0.15) is 4.99 Å². The maximum atomic E-state index is 11.3. The van der Waals surface area contributed by atoms with Crippen molar-refractivity contribution in [2.75, 3.05) is 12.4 Å². The average Bonchev–Trinajstić information content (AvgIpc) is 2.61. The molecule has 0 aliphatic rings. The summed E-state index contributed by atoms with van der Waals surface area (Å²) in [4.78, 5) is 20.8. The molecule has 24 heavy (non-hydrogen) atoms. The van der Waals surface area contributed by atoms with E-state index in [-0.39, 0.29) is 5.78 Å². The van der Waals surface area contributed by atoms with Crippen molar-refractivity contribution >= 4 is 39.8 Å². The SMILES string of the molecule is COc1nc2ccccc2nc1NC(=S)c1ccc(C(C)=O)cc1. The predicted molar refractivity (Wildman–Crippen MR) is 97.9 cm³/mol. The van der Waals surface area contributed by atoms with Gasteiger partial charge in [-0.15, -0.1) is 0 Å². The van der Waals surface area contributed by atoms with E-state index < -0.39 is 0 Å². The Balaban J connectivity index is 1.90. The molecule has 3 aromatic rings. The molecule has 0 unspecified atom stereocenters. The molecule has 0 spiro atoms. The second kappa shape index (κ2) is 6.72. The van der Waals surface area contributed by atoms with Crippen molar-refractivity contribution in [3.8, 4) is 5.88 Å². The molecule has 1 N–H and O–H groups in total. The van der Waals surface area contributed by atoms with Crippen LogP contribution in [0.2, 0.25) is 0 Å². The lowest BCUT2D eigenvalue weighted by atomic mass is 10.1. The molecule has 0 amide bonds. The van der Waals surface area contributed by atoms with Crippen molar-refractivity contribution in [3.63, 3.8) is 0 Å². The maximum absolute atomic E-state index is 11.3. The second-order valence-electron chi connectivity index (χ2n) is 5.16. The van der Waals surface area contributed by atoms with Crippen LogP contribution in [-0.4, -0.2) is 27.8 Å². The summed E-state index contributed by atoms with van der Waals surface area (Å²) in [5.74, 6) is 0.843. The Hall–Kier alpha value is -2.86. The highest BCUT2D eigenvalue weighted by molar-refractivity contribution is 7.81. The zero-order valence-corrected chi connectivity index (χ0v) is 14.1. The minimum atomic E-state index is 0.0162. The molecule has 1 aromatic heterocycles. The number of carbonyl (C=O) groups is 1. The molecule has 0 aliphatic heterocycles. The molecular weight excluding hydrogens is 322 g/mol. The summed E-state index contributed by atoms with van der Waals surface area (Å²) in [5.41, 5.74) is 2.92. The van der Waals surface area contributed by atoms with Crippen molar-refractivity contribution in [1.82, 2.24) is 9.97 Å². The fourth-order valence-electron chi connectivity index (χ4n) is 2.24. The molecule has 0 saturated heterocycles. The number of hydrogen-bond acceptors (Lipinski definition) is 5. The van der Waals surface area contributed by atoms with E-state index in [1.807, 2.05) is 24.3 Å². The third kappa shape index (κ3) is 3.23. The van der Waals surface area contributed by atoms with Crippen LogP contribution < -0.4 is 10.1 Å². The van der Waals surface area contributed by atoms with Gasteiger partial charge in [0.25, 0.3) is 5.88 Å². The van der Waals surface area contributed by atoms with Crippen LogP contribution in [0.5, 0.6) is 5.88 Å². The number of rotatable bonds is 4. The Kier molecular flexibility index (Phi) is 4.48. The van der Waals surface area contributed by atoms with Crippen LogP contribution in [0.15, 0.2) is 48.5 Å². The molecule has 0 aliphatic carbocycles. The number of anilines is 1. The first-order chi connectivity index (χ1) is 11.6. The van der Waals surface area contributed by atoms with Crippen molar-refractivity contribution in [2.45, 2.75) is 6.92 Å². The van der Waals surface area contributed by atoms with Crippen LogP contribution in [0, 0.1) is 0 Å². The van der Waals surface area contributed by atoms with E-state index in [1.165, 1.54) is 14.0 Å². The zero-order valence-electron chi connectivity index (χ0n) is 13.2. The summed E-state index contributed by atoms with van der Waals surface area (Å²) < 4.78 is 5.30. The van der Waals surface area contributed by atoms with Crippen molar-refractivity contribution in [3.05, 3.63) is 59.7 Å². The number of Topliss-reactive ketones (excluding diaryl/α,β-unsaturated/α-hetero) is 1. The standard InChI is InChI=1S/C18H15N3O2S/c1-11(22)12-7-9-13(10-8-12)18(24)21-16-17(23-2)20-15-6-4-3-5-14(15)19-16/h3-10H,1-2H3,(H,19,21,24). The van der Waals surface area contributed by atoms with E-state index in [0.717, 1.165) is 16.6 Å². The molecule has 3 rings (SSSR count). The van der Waals surface area contributed by atoms with Crippen molar-refractivity contribution in [2.24, 2.45) is 0 Å². The van der Waals surface area contributed by atoms with Crippen LogP contribution in [0.25, 0.3) is 11.0 Å². The van der Waals surface area contributed by atoms with E-state index >= 15 is 0 Å². The molecular formula is C18H15N3O2S. The molecule has 1 heterocycles.